The van der Waals surface area contributed by atoms with Gasteiger partial charge in [0.25, 0.3) is 0 Å². The summed E-state index contributed by atoms with van der Waals surface area (Å²) in [6.07, 6.45) is 0. The zero-order valence-electron chi connectivity index (χ0n) is 13.1. The number of rotatable bonds is 4. The first kappa shape index (κ1) is 15.8. The highest BCUT2D eigenvalue weighted by Gasteiger charge is 2.36. The van der Waals surface area contributed by atoms with Crippen LogP contribution in [0.2, 0.25) is 0 Å². The molecule has 0 aliphatic carbocycles. The maximum absolute atomic E-state index is 13.1. The van der Waals surface area contributed by atoms with Gasteiger partial charge in [-0.1, -0.05) is 6.07 Å². The van der Waals surface area contributed by atoms with Crippen molar-refractivity contribution in [1.82, 2.24) is 9.80 Å². The molecule has 2 rings (SSSR count). The van der Waals surface area contributed by atoms with Gasteiger partial charge in [-0.25, -0.2) is 9.18 Å². The van der Waals surface area contributed by atoms with Gasteiger partial charge in [0.05, 0.1) is 0 Å². The maximum atomic E-state index is 13.1. The molecule has 1 aliphatic heterocycles. The molecule has 0 unspecified atom stereocenters. The first-order valence-corrected chi connectivity index (χ1v) is 7.47. The van der Waals surface area contributed by atoms with Gasteiger partial charge >= 0.3 is 6.03 Å². The molecule has 1 N–H and O–H groups in total. The molecule has 0 saturated carbocycles. The molecule has 5 heteroatoms. The fourth-order valence-electron chi connectivity index (χ4n) is 3.02. The molecule has 2 amide bonds. The zero-order chi connectivity index (χ0) is 15.6. The van der Waals surface area contributed by atoms with Gasteiger partial charge in [0.15, 0.2) is 0 Å². The Labute approximate surface area is 125 Å². The molecular formula is C16H24FN3O. The van der Waals surface area contributed by atoms with E-state index in [4.69, 9.17) is 0 Å². The van der Waals surface area contributed by atoms with Crippen molar-refractivity contribution in [3.05, 3.63) is 30.1 Å². The van der Waals surface area contributed by atoms with Crippen molar-refractivity contribution < 1.29 is 9.18 Å². The number of urea groups is 1. The first-order valence-electron chi connectivity index (χ1n) is 7.47. The molecule has 1 heterocycles. The molecule has 0 atom stereocenters. The second-order valence-electron chi connectivity index (χ2n) is 6.13. The molecule has 4 nitrogen and oxygen atoms in total. The van der Waals surface area contributed by atoms with E-state index in [1.54, 1.807) is 17.0 Å². The van der Waals surface area contributed by atoms with E-state index in [9.17, 15) is 9.18 Å². The lowest BCUT2D eigenvalue weighted by atomic mass is 10.0. The molecule has 1 aliphatic rings. The van der Waals surface area contributed by atoms with Gasteiger partial charge in [0.2, 0.25) is 0 Å². The average molecular weight is 293 g/mol. The predicted octanol–water partition coefficient (Wildman–Crippen LogP) is 3.16. The van der Waals surface area contributed by atoms with Crippen LogP contribution >= 0.6 is 0 Å². The topological polar surface area (TPSA) is 35.6 Å². The van der Waals surface area contributed by atoms with E-state index >= 15 is 0 Å². The van der Waals surface area contributed by atoms with Crippen molar-refractivity contribution in [2.24, 2.45) is 0 Å². The number of benzene rings is 1. The summed E-state index contributed by atoms with van der Waals surface area (Å²) in [5, 5.41) is 2.73. The Bertz CT molecular complexity index is 490. The molecule has 1 aromatic carbocycles. The van der Waals surface area contributed by atoms with Gasteiger partial charge < -0.3 is 10.2 Å². The molecule has 1 fully saturated rings. The second kappa shape index (κ2) is 6.43. The van der Waals surface area contributed by atoms with Gasteiger partial charge in [0.1, 0.15) is 5.82 Å². The molecule has 0 aromatic heterocycles. The highest BCUT2D eigenvalue weighted by Crippen LogP contribution is 2.21. The Balaban J connectivity index is 1.88. The van der Waals surface area contributed by atoms with Gasteiger partial charge in [-0.05, 0) is 45.9 Å². The fraction of sp³-hybridized carbons (Fsp3) is 0.562. The van der Waals surface area contributed by atoms with Crippen LogP contribution in [0.25, 0.3) is 0 Å². The Hall–Kier alpha value is -1.62. The summed E-state index contributed by atoms with van der Waals surface area (Å²) >= 11 is 0. The van der Waals surface area contributed by atoms with Crippen molar-refractivity contribution in [3.8, 4) is 0 Å². The van der Waals surface area contributed by atoms with E-state index in [-0.39, 0.29) is 11.8 Å². The highest BCUT2D eigenvalue weighted by atomic mass is 19.1. The summed E-state index contributed by atoms with van der Waals surface area (Å²) in [4.78, 5) is 16.3. The van der Waals surface area contributed by atoms with E-state index < -0.39 is 0 Å². The number of amides is 2. The van der Waals surface area contributed by atoms with E-state index in [1.807, 2.05) is 0 Å². The Kier molecular flexibility index (Phi) is 4.83. The summed E-state index contributed by atoms with van der Waals surface area (Å²) in [7, 11) is 0. The lowest BCUT2D eigenvalue weighted by Gasteiger charge is -2.48. The summed E-state index contributed by atoms with van der Waals surface area (Å²) in [5.74, 6) is -0.347. The van der Waals surface area contributed by atoms with Crippen molar-refractivity contribution in [3.63, 3.8) is 0 Å². The highest BCUT2D eigenvalue weighted by molar-refractivity contribution is 5.89. The van der Waals surface area contributed by atoms with Crippen molar-refractivity contribution in [1.29, 1.82) is 0 Å². The van der Waals surface area contributed by atoms with Crippen LogP contribution in [0.4, 0.5) is 14.9 Å². The van der Waals surface area contributed by atoms with Crippen LogP contribution in [-0.4, -0.2) is 47.0 Å². The van der Waals surface area contributed by atoms with Crippen molar-refractivity contribution >= 4 is 11.7 Å². The average Bonchev–Trinajstić information content (AvgIpc) is 2.31. The van der Waals surface area contributed by atoms with Crippen molar-refractivity contribution in [2.45, 2.75) is 45.8 Å². The maximum Gasteiger partial charge on any atom is 0.321 e. The summed E-state index contributed by atoms with van der Waals surface area (Å²) < 4.78 is 13.1. The minimum Gasteiger partial charge on any atom is -0.321 e. The van der Waals surface area contributed by atoms with Gasteiger partial charge in [0, 0.05) is 36.9 Å². The van der Waals surface area contributed by atoms with Crippen LogP contribution in [0.1, 0.15) is 27.7 Å². The van der Waals surface area contributed by atoms with Crippen LogP contribution in [0.3, 0.4) is 0 Å². The van der Waals surface area contributed by atoms with E-state index in [1.165, 1.54) is 12.1 Å². The standard InChI is InChI=1S/C16H24FN3O/c1-11(2)20(12(3)4)15-9-19(10-15)16(21)18-14-7-5-6-13(17)8-14/h5-8,11-12,15H,9-10H2,1-4H3,(H,18,21). The van der Waals surface area contributed by atoms with Crippen LogP contribution < -0.4 is 5.32 Å². The van der Waals surface area contributed by atoms with Crippen LogP contribution in [-0.2, 0) is 0 Å². The smallest absolute Gasteiger partial charge is 0.321 e. The third kappa shape index (κ3) is 3.73. The number of anilines is 1. The first-order chi connectivity index (χ1) is 9.88. The number of carbonyl (C=O) groups is 1. The molecule has 21 heavy (non-hydrogen) atoms. The van der Waals surface area contributed by atoms with Crippen LogP contribution in [0.5, 0.6) is 0 Å². The van der Waals surface area contributed by atoms with E-state index in [2.05, 4.69) is 37.9 Å². The predicted molar refractivity (Wildman–Crippen MR) is 82.9 cm³/mol. The van der Waals surface area contributed by atoms with Gasteiger partial charge in [-0.3, -0.25) is 4.90 Å². The number of halogens is 1. The number of hydrogen-bond donors (Lipinski definition) is 1. The van der Waals surface area contributed by atoms with E-state index in [0.717, 1.165) is 13.1 Å². The molecule has 1 saturated heterocycles. The summed E-state index contributed by atoms with van der Waals surface area (Å²) in [6, 6.07) is 7.12. The lowest BCUT2D eigenvalue weighted by molar-refractivity contribution is 0.0202. The summed E-state index contributed by atoms with van der Waals surface area (Å²) in [5.41, 5.74) is 0.494. The number of likely N-dealkylation sites (tertiary alicyclic amines) is 1. The van der Waals surface area contributed by atoms with Crippen molar-refractivity contribution in [2.75, 3.05) is 18.4 Å². The second-order valence-corrected chi connectivity index (χ2v) is 6.13. The largest absolute Gasteiger partial charge is 0.321 e. The molecule has 0 radical (unpaired) electrons. The molecule has 116 valence electrons. The Morgan fingerprint density at radius 2 is 1.90 bits per heavy atom. The summed E-state index contributed by atoms with van der Waals surface area (Å²) in [6.45, 7) is 10.1. The molecular weight excluding hydrogens is 269 g/mol. The third-order valence-corrected chi connectivity index (χ3v) is 3.84. The molecule has 1 aromatic rings. The monoisotopic (exact) mass is 293 g/mol. The lowest BCUT2D eigenvalue weighted by Crippen LogP contribution is -2.64. The molecule has 0 bridgehead atoms. The van der Waals surface area contributed by atoms with Crippen LogP contribution in [0.15, 0.2) is 24.3 Å². The number of nitrogens with one attached hydrogen (secondary N) is 1. The quantitative estimate of drug-likeness (QED) is 0.925. The Morgan fingerprint density at radius 3 is 2.43 bits per heavy atom. The normalized spacial score (nSPS) is 15.7. The van der Waals surface area contributed by atoms with Crippen LogP contribution in [0, 0.1) is 5.82 Å². The zero-order valence-corrected chi connectivity index (χ0v) is 13.1. The minimum absolute atomic E-state index is 0.163. The number of nitrogens with zero attached hydrogens (tertiary/aromatic N) is 2. The number of hydrogen-bond acceptors (Lipinski definition) is 2. The third-order valence-electron chi connectivity index (χ3n) is 3.84. The Morgan fingerprint density at radius 1 is 1.29 bits per heavy atom. The van der Waals surface area contributed by atoms with Gasteiger partial charge in [-0.15, -0.1) is 0 Å². The minimum atomic E-state index is -0.347. The SMILES string of the molecule is CC(C)N(C(C)C)C1CN(C(=O)Nc2cccc(F)c2)C1. The van der Waals surface area contributed by atoms with E-state index in [0.29, 0.717) is 23.8 Å². The van der Waals surface area contributed by atoms with Gasteiger partial charge in [-0.2, -0.15) is 0 Å². The fourth-order valence-corrected chi connectivity index (χ4v) is 3.02. The number of carbonyl (C=O) groups excluding carboxylic acids is 1. The molecule has 0 spiro atoms.